The summed E-state index contributed by atoms with van der Waals surface area (Å²) in [6, 6.07) is 0. The summed E-state index contributed by atoms with van der Waals surface area (Å²) in [6.45, 7) is 4.03. The summed E-state index contributed by atoms with van der Waals surface area (Å²) in [5, 5.41) is 42.9. The van der Waals surface area contributed by atoms with Crippen molar-refractivity contribution in [1.29, 1.82) is 0 Å². The number of methoxy groups -OCH3 is 2. The van der Waals surface area contributed by atoms with E-state index in [0.29, 0.717) is 0 Å². The second kappa shape index (κ2) is 9.97. The molecule has 4 aliphatic carbocycles. The van der Waals surface area contributed by atoms with Crippen LogP contribution in [-0.2, 0) is 33.4 Å². The number of hydrogen-bond donors (Lipinski definition) is 4. The van der Waals surface area contributed by atoms with E-state index in [2.05, 4.69) is 4.74 Å². The first-order valence-electron chi connectivity index (χ1n) is 11.7. The number of carbonyl (C=O) groups excluding carboxylic acids is 4. The second-order valence-corrected chi connectivity index (χ2v) is 9.72. The van der Waals surface area contributed by atoms with Crippen LogP contribution in [0.3, 0.4) is 0 Å². The Balaban J connectivity index is 2.23. The summed E-state index contributed by atoms with van der Waals surface area (Å²) in [7, 11) is 2.14. The van der Waals surface area contributed by atoms with Crippen LogP contribution >= 0.6 is 0 Å². The van der Waals surface area contributed by atoms with Crippen molar-refractivity contribution < 1.29 is 53.8 Å². The van der Waals surface area contributed by atoms with E-state index in [-0.39, 0.29) is 17.6 Å². The average molecular weight is 521 g/mol. The van der Waals surface area contributed by atoms with Crippen LogP contribution in [0, 0.1) is 11.3 Å². The summed E-state index contributed by atoms with van der Waals surface area (Å²) in [4.78, 5) is 52.9. The second-order valence-electron chi connectivity index (χ2n) is 9.72. The predicted molar refractivity (Wildman–Crippen MR) is 127 cm³/mol. The molecule has 4 rings (SSSR count). The number of ether oxygens (including phenoxy) is 3. The molecule has 37 heavy (non-hydrogen) atoms. The third-order valence-corrected chi connectivity index (χ3v) is 7.60. The van der Waals surface area contributed by atoms with Gasteiger partial charge in [0.2, 0.25) is 0 Å². The number of allylic oxidation sites excluding steroid dienone is 4. The van der Waals surface area contributed by atoms with Crippen molar-refractivity contribution in [3.05, 3.63) is 47.3 Å². The van der Waals surface area contributed by atoms with E-state index in [1.807, 2.05) is 0 Å². The molecule has 0 aromatic heterocycles. The maximum atomic E-state index is 13.8. The van der Waals surface area contributed by atoms with E-state index < -0.39 is 76.5 Å². The van der Waals surface area contributed by atoms with Crippen LogP contribution in [0.15, 0.2) is 47.3 Å². The van der Waals surface area contributed by atoms with Crippen molar-refractivity contribution in [2.45, 2.75) is 63.1 Å². The molecule has 0 radical (unpaired) electrons. The topological polar surface area (TPSA) is 177 Å². The van der Waals surface area contributed by atoms with Crippen LogP contribution in [0.25, 0.3) is 0 Å². The number of Topliss-reactive ketones (excluding diaryl/α,β-unsaturated/α-hetero) is 2. The van der Waals surface area contributed by atoms with Crippen molar-refractivity contribution in [1.82, 2.24) is 0 Å². The molecule has 0 aromatic carbocycles. The first-order valence-corrected chi connectivity index (χ1v) is 11.7. The largest absolute Gasteiger partial charge is 0.508 e. The highest BCUT2D eigenvalue weighted by Crippen LogP contribution is 2.60. The fraction of sp³-hybridized carbons (Fsp3) is 0.538. The molecular formula is C26H32O11. The lowest BCUT2D eigenvalue weighted by atomic mass is 9.45. The molecule has 11 nitrogen and oxygen atoms in total. The van der Waals surface area contributed by atoms with Crippen LogP contribution in [0.2, 0.25) is 0 Å². The maximum absolute atomic E-state index is 13.8. The molecule has 3 fully saturated rings. The molecule has 0 heterocycles. The molecule has 0 spiro atoms. The predicted octanol–water partition coefficient (Wildman–Crippen LogP) is 0.382. The highest BCUT2D eigenvalue weighted by atomic mass is 16.6. The normalized spacial score (nSPS) is 39.2. The highest BCUT2D eigenvalue weighted by molar-refractivity contribution is 6.24. The number of aliphatic hydroxyl groups excluding tert-OH is 3. The molecule has 7 unspecified atom stereocenters. The van der Waals surface area contributed by atoms with Crippen molar-refractivity contribution in [2.24, 2.45) is 11.3 Å². The number of ketones is 2. The van der Waals surface area contributed by atoms with Crippen LogP contribution in [0.4, 0.5) is 0 Å². The number of aliphatic hydroxyl groups is 4. The minimum Gasteiger partial charge on any atom is -0.508 e. The lowest BCUT2D eigenvalue weighted by molar-refractivity contribution is -0.239. The number of hydrogen-bond acceptors (Lipinski definition) is 11. The highest BCUT2D eigenvalue weighted by Gasteiger charge is 2.78. The third kappa shape index (κ3) is 4.15. The van der Waals surface area contributed by atoms with Gasteiger partial charge in [-0.15, -0.1) is 0 Å². The third-order valence-electron chi connectivity index (χ3n) is 7.60. The molecule has 7 atom stereocenters. The molecule has 4 N–H and O–H groups in total. The summed E-state index contributed by atoms with van der Waals surface area (Å²) >= 11 is 0. The minimum absolute atomic E-state index is 0.0477. The molecular weight excluding hydrogens is 488 g/mol. The van der Waals surface area contributed by atoms with Gasteiger partial charge in [0.15, 0.2) is 17.2 Å². The van der Waals surface area contributed by atoms with Crippen LogP contribution < -0.4 is 0 Å². The van der Waals surface area contributed by atoms with E-state index in [1.54, 1.807) is 19.1 Å². The van der Waals surface area contributed by atoms with Gasteiger partial charge in [-0.3, -0.25) is 9.59 Å². The average Bonchev–Trinajstić information content (AvgIpc) is 2.86. The van der Waals surface area contributed by atoms with E-state index >= 15 is 0 Å². The van der Waals surface area contributed by atoms with Gasteiger partial charge in [0.05, 0.1) is 20.3 Å². The quantitative estimate of drug-likeness (QED) is 0.125. The smallest absolute Gasteiger partial charge is 0.339 e. The number of rotatable bonds is 6. The molecule has 0 aromatic rings. The summed E-state index contributed by atoms with van der Waals surface area (Å²) in [5.41, 5.74) is -7.25. The molecule has 4 aliphatic rings. The van der Waals surface area contributed by atoms with E-state index in [4.69, 9.17) is 9.47 Å². The van der Waals surface area contributed by atoms with Crippen LogP contribution in [-0.4, -0.2) is 87.7 Å². The zero-order valence-electron chi connectivity index (χ0n) is 21.3. The molecule has 11 heteroatoms. The first kappa shape index (κ1) is 28.5. The Labute approximate surface area is 213 Å². The SMILES string of the molecule is CC=CC=CC(O)=C1C(=O)C2(C)C(=O)C(C)(O)C1CC2(OC1C=C(C(=O)OC)CC(O)C1O)C(=O)OC. The van der Waals surface area contributed by atoms with Gasteiger partial charge in [0.25, 0.3) is 0 Å². The lowest BCUT2D eigenvalue weighted by Gasteiger charge is -2.59. The summed E-state index contributed by atoms with van der Waals surface area (Å²) in [5.74, 6) is -5.83. The van der Waals surface area contributed by atoms with Crippen molar-refractivity contribution in [2.75, 3.05) is 14.2 Å². The van der Waals surface area contributed by atoms with Gasteiger partial charge in [-0.25, -0.2) is 9.59 Å². The monoisotopic (exact) mass is 520 g/mol. The molecule has 3 saturated carbocycles. The Morgan fingerprint density at radius 2 is 1.76 bits per heavy atom. The number of fused-ring (bicyclic) bond motifs is 3. The Kier molecular flexibility index (Phi) is 7.67. The first-order chi connectivity index (χ1) is 17.2. The van der Waals surface area contributed by atoms with Gasteiger partial charge in [-0.1, -0.05) is 18.2 Å². The van der Waals surface area contributed by atoms with Gasteiger partial charge in [-0.2, -0.15) is 0 Å². The molecule has 202 valence electrons. The van der Waals surface area contributed by atoms with Gasteiger partial charge >= 0.3 is 11.9 Å². The lowest BCUT2D eigenvalue weighted by Crippen LogP contribution is -2.77. The van der Waals surface area contributed by atoms with Crippen molar-refractivity contribution in [3.8, 4) is 0 Å². The Bertz CT molecular complexity index is 1130. The van der Waals surface area contributed by atoms with Crippen molar-refractivity contribution in [3.63, 3.8) is 0 Å². The number of carbonyl (C=O) groups is 4. The molecule has 2 bridgehead atoms. The minimum atomic E-state index is -2.41. The standard InChI is InChI=1S/C26H32O11/c1-6-7-8-9-15(27)18-14-12-26(23(33)36-5,24(2,20(18)30)22(32)25(14,3)34)37-17-11-13(21(31)35-4)10-16(28)19(17)29/h6-9,11,14,16-17,19,27-29,34H,10,12H2,1-5H3. The fourth-order valence-corrected chi connectivity index (χ4v) is 5.49. The maximum Gasteiger partial charge on any atom is 0.339 e. The molecule has 0 amide bonds. The van der Waals surface area contributed by atoms with Gasteiger partial charge in [-0.05, 0) is 39.3 Å². The molecule has 0 saturated heterocycles. The fourth-order valence-electron chi connectivity index (χ4n) is 5.49. The zero-order valence-corrected chi connectivity index (χ0v) is 21.3. The van der Waals surface area contributed by atoms with Crippen molar-refractivity contribution >= 4 is 23.5 Å². The van der Waals surface area contributed by atoms with E-state index in [1.165, 1.54) is 19.1 Å². The van der Waals surface area contributed by atoms with Crippen LogP contribution in [0.1, 0.15) is 33.6 Å². The Morgan fingerprint density at radius 3 is 2.32 bits per heavy atom. The van der Waals surface area contributed by atoms with Gasteiger partial charge < -0.3 is 34.6 Å². The summed E-state index contributed by atoms with van der Waals surface area (Å²) < 4.78 is 15.6. The van der Waals surface area contributed by atoms with E-state index in [0.717, 1.165) is 27.2 Å². The van der Waals surface area contributed by atoms with E-state index in [9.17, 15) is 39.6 Å². The van der Waals surface area contributed by atoms with Gasteiger partial charge in [0, 0.05) is 23.5 Å². The Hall–Kier alpha value is -3.12. The number of esters is 2. The molecule has 0 aliphatic heterocycles. The Morgan fingerprint density at radius 1 is 1.11 bits per heavy atom. The van der Waals surface area contributed by atoms with Gasteiger partial charge in [0.1, 0.15) is 29.0 Å². The summed E-state index contributed by atoms with van der Waals surface area (Å²) in [6.07, 6.45) is 1.70. The van der Waals surface area contributed by atoms with Crippen LogP contribution in [0.5, 0.6) is 0 Å². The zero-order chi connectivity index (χ0) is 27.9.